The van der Waals surface area contributed by atoms with E-state index in [4.69, 9.17) is 26.3 Å². The maximum atomic E-state index is 12.6. The van der Waals surface area contributed by atoms with Gasteiger partial charge in [-0.3, -0.25) is 9.59 Å². The van der Waals surface area contributed by atoms with Crippen LogP contribution in [0.1, 0.15) is 36.7 Å². The number of hydrogen-bond acceptors (Lipinski definition) is 6. The van der Waals surface area contributed by atoms with Gasteiger partial charge < -0.3 is 14.8 Å². The van der Waals surface area contributed by atoms with Crippen molar-refractivity contribution in [3.8, 4) is 17.6 Å². The average molecular weight is 457 g/mol. The molecule has 0 aromatic heterocycles. The Hall–Kier alpha value is -3.57. The minimum atomic E-state index is -0.792. The smallest absolute Gasteiger partial charge is 0.262 e. The van der Waals surface area contributed by atoms with Crippen molar-refractivity contribution in [3.05, 3.63) is 58.6 Å². The van der Waals surface area contributed by atoms with Gasteiger partial charge in [0.05, 0.1) is 12.8 Å². The number of hydrogen-bond donors (Lipinski definition) is 2. The maximum absolute atomic E-state index is 12.6. The van der Waals surface area contributed by atoms with Crippen molar-refractivity contribution >= 4 is 29.6 Å². The van der Waals surface area contributed by atoms with Crippen molar-refractivity contribution in [2.24, 2.45) is 11.0 Å². The van der Waals surface area contributed by atoms with Gasteiger partial charge in [-0.2, -0.15) is 10.4 Å². The molecule has 1 atom stereocenters. The standard InChI is InChI=1S/C23H25ClN4O4/c1-4-31-20-12-16(8-9-19(20)32-11-10-25)14-26-28-23(30)21(15(2)3)27-22(29)17-6-5-7-18(24)13-17/h5-9,12-15,21H,4,11H2,1-3H3,(H,27,29)(H,28,30). The van der Waals surface area contributed by atoms with Gasteiger partial charge in [0.1, 0.15) is 12.1 Å². The van der Waals surface area contributed by atoms with E-state index in [0.29, 0.717) is 34.3 Å². The fourth-order valence-corrected chi connectivity index (χ4v) is 2.92. The van der Waals surface area contributed by atoms with Crippen molar-refractivity contribution < 1.29 is 19.1 Å². The van der Waals surface area contributed by atoms with Gasteiger partial charge in [-0.15, -0.1) is 0 Å². The van der Waals surface area contributed by atoms with Crippen LogP contribution in [0, 0.1) is 17.2 Å². The number of hydrazone groups is 1. The van der Waals surface area contributed by atoms with Gasteiger partial charge in [-0.1, -0.05) is 31.5 Å². The molecule has 2 rings (SSSR count). The molecule has 0 spiro atoms. The number of carbonyl (C=O) groups excluding carboxylic acids is 2. The maximum Gasteiger partial charge on any atom is 0.262 e. The predicted octanol–water partition coefficient (Wildman–Crippen LogP) is 3.55. The second-order valence-electron chi connectivity index (χ2n) is 7.03. The molecule has 168 valence electrons. The van der Waals surface area contributed by atoms with Crippen molar-refractivity contribution in [1.29, 1.82) is 5.26 Å². The summed E-state index contributed by atoms with van der Waals surface area (Å²) in [6, 6.07) is 12.7. The molecule has 0 radical (unpaired) electrons. The van der Waals surface area contributed by atoms with Crippen LogP contribution in [0.25, 0.3) is 0 Å². The van der Waals surface area contributed by atoms with Crippen LogP contribution in [0.2, 0.25) is 5.02 Å². The summed E-state index contributed by atoms with van der Waals surface area (Å²) in [6.45, 7) is 5.80. The summed E-state index contributed by atoms with van der Waals surface area (Å²) in [6.07, 6.45) is 1.45. The Morgan fingerprint density at radius 3 is 2.62 bits per heavy atom. The molecule has 0 aliphatic heterocycles. The number of nitrogens with one attached hydrogen (secondary N) is 2. The summed E-state index contributed by atoms with van der Waals surface area (Å²) < 4.78 is 10.9. The fraction of sp³-hybridized carbons (Fsp3) is 0.304. The SMILES string of the molecule is CCOc1cc(C=NNC(=O)C(NC(=O)c2cccc(Cl)c2)C(C)C)ccc1OCC#N. The van der Waals surface area contributed by atoms with E-state index < -0.39 is 17.9 Å². The largest absolute Gasteiger partial charge is 0.490 e. The molecule has 0 fully saturated rings. The van der Waals surface area contributed by atoms with E-state index in [9.17, 15) is 9.59 Å². The van der Waals surface area contributed by atoms with Crippen LogP contribution < -0.4 is 20.2 Å². The first-order valence-electron chi connectivity index (χ1n) is 10.0. The lowest BCUT2D eigenvalue weighted by atomic mass is 10.0. The molecule has 0 aliphatic carbocycles. The van der Waals surface area contributed by atoms with Crippen LogP contribution in [0.3, 0.4) is 0 Å². The van der Waals surface area contributed by atoms with E-state index in [0.717, 1.165) is 0 Å². The second kappa shape index (κ2) is 12.3. The molecule has 2 aromatic rings. The monoisotopic (exact) mass is 456 g/mol. The molecule has 9 heteroatoms. The van der Waals surface area contributed by atoms with E-state index in [1.54, 1.807) is 36.4 Å². The Kier molecular flexibility index (Phi) is 9.51. The quantitative estimate of drug-likeness (QED) is 0.419. The predicted molar refractivity (Wildman–Crippen MR) is 122 cm³/mol. The molecular formula is C23H25ClN4O4. The zero-order chi connectivity index (χ0) is 23.5. The molecule has 2 N–H and O–H groups in total. The Morgan fingerprint density at radius 1 is 1.19 bits per heavy atom. The van der Waals surface area contributed by atoms with Gasteiger partial charge in [-0.25, -0.2) is 5.43 Å². The van der Waals surface area contributed by atoms with Crippen LogP contribution in [0.4, 0.5) is 0 Å². The fourth-order valence-electron chi connectivity index (χ4n) is 2.73. The molecule has 0 aliphatic rings. The van der Waals surface area contributed by atoms with Crippen LogP contribution in [-0.2, 0) is 4.79 Å². The molecule has 0 heterocycles. The van der Waals surface area contributed by atoms with Crippen molar-refractivity contribution in [1.82, 2.24) is 10.7 Å². The Labute approximate surface area is 192 Å². The first kappa shape index (κ1) is 24.7. The Morgan fingerprint density at radius 2 is 1.97 bits per heavy atom. The summed E-state index contributed by atoms with van der Waals surface area (Å²) in [4.78, 5) is 25.1. The summed E-state index contributed by atoms with van der Waals surface area (Å²) in [7, 11) is 0. The number of rotatable bonds is 10. The minimum absolute atomic E-state index is 0.0962. The molecule has 2 aromatic carbocycles. The molecule has 1 unspecified atom stereocenters. The summed E-state index contributed by atoms with van der Waals surface area (Å²) >= 11 is 5.93. The third kappa shape index (κ3) is 7.29. The molecule has 0 bridgehead atoms. The number of nitrogens with zero attached hydrogens (tertiary/aromatic N) is 2. The highest BCUT2D eigenvalue weighted by atomic mass is 35.5. The number of amides is 2. The average Bonchev–Trinajstić information content (AvgIpc) is 2.76. The molecule has 2 amide bonds. The van der Waals surface area contributed by atoms with Crippen molar-refractivity contribution in [3.63, 3.8) is 0 Å². The van der Waals surface area contributed by atoms with Gasteiger partial charge in [0.15, 0.2) is 18.1 Å². The zero-order valence-corrected chi connectivity index (χ0v) is 18.8. The number of ether oxygens (including phenoxy) is 2. The normalized spacial score (nSPS) is 11.6. The van der Waals surface area contributed by atoms with Crippen molar-refractivity contribution in [2.45, 2.75) is 26.8 Å². The molecule has 32 heavy (non-hydrogen) atoms. The van der Waals surface area contributed by atoms with E-state index in [2.05, 4.69) is 15.8 Å². The molecular weight excluding hydrogens is 432 g/mol. The first-order chi connectivity index (χ1) is 15.3. The number of carbonyl (C=O) groups is 2. The van der Waals surface area contributed by atoms with E-state index in [-0.39, 0.29) is 12.5 Å². The third-order valence-corrected chi connectivity index (χ3v) is 4.51. The molecule has 0 saturated heterocycles. The number of nitriles is 1. The van der Waals surface area contributed by atoms with Gasteiger partial charge in [0.25, 0.3) is 11.8 Å². The first-order valence-corrected chi connectivity index (χ1v) is 10.4. The van der Waals surface area contributed by atoms with Gasteiger partial charge in [0.2, 0.25) is 0 Å². The summed E-state index contributed by atoms with van der Waals surface area (Å²) in [5.74, 6) is -0.121. The molecule has 0 saturated carbocycles. The van der Waals surface area contributed by atoms with Crippen LogP contribution >= 0.6 is 11.6 Å². The van der Waals surface area contributed by atoms with E-state index in [1.807, 2.05) is 26.8 Å². The topological polar surface area (TPSA) is 113 Å². The van der Waals surface area contributed by atoms with Gasteiger partial charge >= 0.3 is 0 Å². The van der Waals surface area contributed by atoms with Crippen LogP contribution in [-0.4, -0.2) is 37.3 Å². The van der Waals surface area contributed by atoms with Gasteiger partial charge in [-0.05, 0) is 54.8 Å². The van der Waals surface area contributed by atoms with Gasteiger partial charge in [0, 0.05) is 10.6 Å². The highest BCUT2D eigenvalue weighted by Gasteiger charge is 2.24. The lowest BCUT2D eigenvalue weighted by molar-refractivity contribution is -0.123. The zero-order valence-electron chi connectivity index (χ0n) is 18.1. The highest BCUT2D eigenvalue weighted by molar-refractivity contribution is 6.31. The Bertz CT molecular complexity index is 1020. The van der Waals surface area contributed by atoms with Crippen LogP contribution in [0.15, 0.2) is 47.6 Å². The lowest BCUT2D eigenvalue weighted by Gasteiger charge is -2.20. The van der Waals surface area contributed by atoms with E-state index >= 15 is 0 Å². The summed E-state index contributed by atoms with van der Waals surface area (Å²) in [5, 5.41) is 15.8. The highest BCUT2D eigenvalue weighted by Crippen LogP contribution is 2.28. The number of halogens is 1. The lowest BCUT2D eigenvalue weighted by Crippen LogP contribution is -2.48. The van der Waals surface area contributed by atoms with Crippen LogP contribution in [0.5, 0.6) is 11.5 Å². The second-order valence-corrected chi connectivity index (χ2v) is 7.46. The number of benzene rings is 2. The van der Waals surface area contributed by atoms with E-state index in [1.165, 1.54) is 12.3 Å². The third-order valence-electron chi connectivity index (χ3n) is 4.27. The van der Waals surface area contributed by atoms with Crippen molar-refractivity contribution in [2.75, 3.05) is 13.2 Å². The summed E-state index contributed by atoms with van der Waals surface area (Å²) in [5.41, 5.74) is 3.47. The minimum Gasteiger partial charge on any atom is -0.490 e. The Balaban J connectivity index is 2.05. The molecule has 8 nitrogen and oxygen atoms in total.